The average Bonchev–Trinajstić information content (AvgIpc) is 2.51. The van der Waals surface area contributed by atoms with Gasteiger partial charge in [-0.1, -0.05) is 59.6 Å². The molecule has 3 heteroatoms. The van der Waals surface area contributed by atoms with Gasteiger partial charge in [-0.15, -0.1) is 0 Å². The average molecular weight is 301 g/mol. The van der Waals surface area contributed by atoms with Crippen molar-refractivity contribution in [2.24, 2.45) is 0 Å². The van der Waals surface area contributed by atoms with Crippen molar-refractivity contribution in [2.45, 2.75) is 13.0 Å². The van der Waals surface area contributed by atoms with Crippen LogP contribution in [0.25, 0.3) is 0 Å². The monoisotopic (exact) mass is 300 g/mol. The first-order chi connectivity index (χ1) is 10.3. The van der Waals surface area contributed by atoms with E-state index in [1.807, 2.05) is 12.1 Å². The summed E-state index contributed by atoms with van der Waals surface area (Å²) in [7, 11) is 0. The highest BCUT2D eigenvalue weighted by Gasteiger charge is 2.25. The molecule has 2 aromatic carbocycles. The highest BCUT2D eigenvalue weighted by atomic mass is 35.5. The third kappa shape index (κ3) is 3.29. The van der Waals surface area contributed by atoms with Crippen molar-refractivity contribution in [3.05, 3.63) is 70.2 Å². The van der Waals surface area contributed by atoms with Crippen LogP contribution in [0.4, 0.5) is 0 Å². The highest BCUT2D eigenvalue weighted by Crippen LogP contribution is 2.33. The van der Waals surface area contributed by atoms with Crippen LogP contribution in [0.1, 0.15) is 22.7 Å². The number of hydrogen-bond acceptors (Lipinski definition) is 2. The van der Waals surface area contributed by atoms with Gasteiger partial charge in [0.05, 0.1) is 6.04 Å². The minimum absolute atomic E-state index is 0.237. The zero-order valence-electron chi connectivity index (χ0n) is 12.3. The topological polar surface area (TPSA) is 15.3 Å². The molecule has 1 atom stereocenters. The summed E-state index contributed by atoms with van der Waals surface area (Å²) in [5, 5.41) is 4.27. The van der Waals surface area contributed by atoms with Crippen molar-refractivity contribution < 1.29 is 0 Å². The molecule has 1 aliphatic rings. The third-order valence-electron chi connectivity index (χ3n) is 4.07. The molecule has 0 saturated carbocycles. The molecule has 2 aromatic rings. The van der Waals surface area contributed by atoms with Crippen LogP contribution >= 0.6 is 11.6 Å². The van der Waals surface area contributed by atoms with Crippen LogP contribution < -0.4 is 5.32 Å². The molecule has 21 heavy (non-hydrogen) atoms. The van der Waals surface area contributed by atoms with Crippen LogP contribution in [0.5, 0.6) is 0 Å². The Bertz CT molecular complexity index is 606. The van der Waals surface area contributed by atoms with Gasteiger partial charge in [0.25, 0.3) is 0 Å². The molecule has 1 N–H and O–H groups in total. The fraction of sp³-hybridized carbons (Fsp3) is 0.333. The summed E-state index contributed by atoms with van der Waals surface area (Å²) < 4.78 is 0. The van der Waals surface area contributed by atoms with Gasteiger partial charge < -0.3 is 5.32 Å². The Morgan fingerprint density at radius 1 is 1.05 bits per heavy atom. The van der Waals surface area contributed by atoms with Gasteiger partial charge in [-0.3, -0.25) is 4.90 Å². The maximum atomic E-state index is 6.49. The van der Waals surface area contributed by atoms with Gasteiger partial charge in [0.2, 0.25) is 0 Å². The molecule has 110 valence electrons. The number of nitrogens with zero attached hydrogens (tertiary/aromatic N) is 1. The zero-order valence-corrected chi connectivity index (χ0v) is 13.1. The van der Waals surface area contributed by atoms with Gasteiger partial charge >= 0.3 is 0 Å². The Morgan fingerprint density at radius 2 is 1.81 bits per heavy atom. The lowest BCUT2D eigenvalue weighted by Crippen LogP contribution is -2.45. The predicted molar refractivity (Wildman–Crippen MR) is 88.9 cm³/mol. The van der Waals surface area contributed by atoms with E-state index in [0.29, 0.717) is 0 Å². The molecular formula is C18H21ClN2. The van der Waals surface area contributed by atoms with E-state index in [9.17, 15) is 0 Å². The normalized spacial score (nSPS) is 17.6. The van der Waals surface area contributed by atoms with Crippen LogP contribution in [0, 0.1) is 6.92 Å². The Balaban J connectivity index is 2.04. The van der Waals surface area contributed by atoms with Crippen molar-refractivity contribution in [3.63, 3.8) is 0 Å². The Labute approximate surface area is 131 Å². The lowest BCUT2D eigenvalue weighted by atomic mass is 9.95. The largest absolute Gasteiger partial charge is 0.314 e. The summed E-state index contributed by atoms with van der Waals surface area (Å²) in [6, 6.07) is 17.2. The summed E-state index contributed by atoms with van der Waals surface area (Å²) in [6.07, 6.45) is 0. The molecule has 1 saturated heterocycles. The van der Waals surface area contributed by atoms with E-state index in [1.165, 1.54) is 16.7 Å². The van der Waals surface area contributed by atoms with Crippen LogP contribution in [0.3, 0.4) is 0 Å². The van der Waals surface area contributed by atoms with E-state index in [-0.39, 0.29) is 6.04 Å². The van der Waals surface area contributed by atoms with Crippen LogP contribution in [0.15, 0.2) is 48.5 Å². The van der Waals surface area contributed by atoms with Gasteiger partial charge in [-0.25, -0.2) is 0 Å². The molecule has 0 amide bonds. The Kier molecular flexibility index (Phi) is 4.59. The summed E-state index contributed by atoms with van der Waals surface area (Å²) in [5.41, 5.74) is 3.82. The molecule has 1 aliphatic heterocycles. The van der Waals surface area contributed by atoms with Gasteiger partial charge in [0.1, 0.15) is 0 Å². The minimum Gasteiger partial charge on any atom is -0.314 e. The first-order valence-corrected chi connectivity index (χ1v) is 7.89. The third-order valence-corrected chi connectivity index (χ3v) is 4.42. The quantitative estimate of drug-likeness (QED) is 0.931. The standard InChI is InChI=1S/C18H21ClN2/c1-14-5-4-6-15(13-14)18(21-11-9-20-10-12-21)16-7-2-3-8-17(16)19/h2-8,13,18,20H,9-12H2,1H3. The number of rotatable bonds is 3. The van der Waals surface area contributed by atoms with Crippen LogP contribution in [0.2, 0.25) is 5.02 Å². The number of piperazine rings is 1. The molecule has 3 rings (SSSR count). The van der Waals surface area contributed by atoms with Gasteiger partial charge in [0.15, 0.2) is 0 Å². The van der Waals surface area contributed by atoms with Crippen molar-refractivity contribution in [3.8, 4) is 0 Å². The molecule has 1 heterocycles. The first kappa shape index (κ1) is 14.6. The molecule has 0 aromatic heterocycles. The van der Waals surface area contributed by atoms with Crippen molar-refractivity contribution in [1.82, 2.24) is 10.2 Å². The summed E-state index contributed by atoms with van der Waals surface area (Å²) in [4.78, 5) is 2.52. The second-order valence-electron chi connectivity index (χ2n) is 5.62. The van der Waals surface area contributed by atoms with Gasteiger partial charge in [-0.05, 0) is 24.1 Å². The highest BCUT2D eigenvalue weighted by molar-refractivity contribution is 6.31. The Hall–Kier alpha value is -1.35. The SMILES string of the molecule is Cc1cccc(C(c2ccccc2Cl)N2CCNCC2)c1. The fourth-order valence-electron chi connectivity index (χ4n) is 3.06. The smallest absolute Gasteiger partial charge is 0.0617 e. The van der Waals surface area contributed by atoms with Crippen molar-refractivity contribution in [1.29, 1.82) is 0 Å². The van der Waals surface area contributed by atoms with E-state index >= 15 is 0 Å². The fourth-order valence-corrected chi connectivity index (χ4v) is 3.30. The van der Waals surface area contributed by atoms with Gasteiger partial charge in [-0.2, -0.15) is 0 Å². The lowest BCUT2D eigenvalue weighted by molar-refractivity contribution is 0.198. The number of nitrogens with one attached hydrogen (secondary N) is 1. The number of halogens is 1. The summed E-state index contributed by atoms with van der Waals surface area (Å²) >= 11 is 6.49. The second-order valence-corrected chi connectivity index (χ2v) is 6.03. The number of benzene rings is 2. The molecule has 0 radical (unpaired) electrons. The second kappa shape index (κ2) is 6.61. The predicted octanol–water partition coefficient (Wildman–Crippen LogP) is 3.64. The van der Waals surface area contributed by atoms with E-state index < -0.39 is 0 Å². The summed E-state index contributed by atoms with van der Waals surface area (Å²) in [6.45, 7) is 6.30. The lowest BCUT2D eigenvalue weighted by Gasteiger charge is -2.36. The Morgan fingerprint density at radius 3 is 2.52 bits per heavy atom. The number of aryl methyl sites for hydroxylation is 1. The van der Waals surface area contributed by atoms with E-state index in [0.717, 1.165) is 31.2 Å². The van der Waals surface area contributed by atoms with Crippen molar-refractivity contribution in [2.75, 3.05) is 26.2 Å². The van der Waals surface area contributed by atoms with Crippen molar-refractivity contribution >= 4 is 11.6 Å². The van der Waals surface area contributed by atoms with Crippen LogP contribution in [-0.2, 0) is 0 Å². The van der Waals surface area contributed by atoms with Crippen LogP contribution in [-0.4, -0.2) is 31.1 Å². The number of hydrogen-bond donors (Lipinski definition) is 1. The molecule has 0 spiro atoms. The molecular weight excluding hydrogens is 280 g/mol. The molecule has 0 bridgehead atoms. The molecule has 1 fully saturated rings. The van der Waals surface area contributed by atoms with E-state index in [2.05, 4.69) is 53.5 Å². The molecule has 1 unspecified atom stereocenters. The molecule has 2 nitrogen and oxygen atoms in total. The first-order valence-electron chi connectivity index (χ1n) is 7.51. The van der Waals surface area contributed by atoms with E-state index in [1.54, 1.807) is 0 Å². The van der Waals surface area contributed by atoms with E-state index in [4.69, 9.17) is 11.6 Å². The summed E-state index contributed by atoms with van der Waals surface area (Å²) in [5.74, 6) is 0. The molecule has 0 aliphatic carbocycles. The minimum atomic E-state index is 0.237. The maximum absolute atomic E-state index is 6.49. The van der Waals surface area contributed by atoms with Gasteiger partial charge in [0, 0.05) is 31.2 Å². The zero-order chi connectivity index (χ0) is 14.7. The maximum Gasteiger partial charge on any atom is 0.0617 e.